The largest absolute Gasteiger partial charge is 0.399 e. The van der Waals surface area contributed by atoms with Crippen molar-refractivity contribution in [2.45, 2.75) is 26.2 Å². The van der Waals surface area contributed by atoms with Crippen molar-refractivity contribution in [3.63, 3.8) is 0 Å². The van der Waals surface area contributed by atoms with E-state index in [1.165, 1.54) is 5.56 Å². The molecule has 0 bridgehead atoms. The molecule has 2 heteroatoms. The van der Waals surface area contributed by atoms with E-state index in [1.54, 1.807) is 13.3 Å². The van der Waals surface area contributed by atoms with Crippen LogP contribution in [0.3, 0.4) is 0 Å². The molecule has 1 aromatic carbocycles. The summed E-state index contributed by atoms with van der Waals surface area (Å²) in [6, 6.07) is 8.31. The molecule has 0 atom stereocenters. The molecular weight excluding hydrogens is 174 g/mol. The number of hydrogen-bond donors (Lipinski definition) is 0. The molecule has 1 aromatic rings. The molecule has 0 N–H and O–H groups in total. The minimum absolute atomic E-state index is 0.178. The predicted octanol–water partition coefficient (Wildman–Crippen LogP) is 2.96. The lowest BCUT2D eigenvalue weighted by molar-refractivity contribution is 0.215. The first-order chi connectivity index (χ1) is 6.54. The van der Waals surface area contributed by atoms with Gasteiger partial charge in [0.05, 0.1) is 6.21 Å². The fourth-order valence-electron chi connectivity index (χ4n) is 1.20. The Bertz CT molecular complexity index is 323. The van der Waals surface area contributed by atoms with Crippen LogP contribution in [-0.2, 0) is 10.3 Å². The van der Waals surface area contributed by atoms with Gasteiger partial charge in [-0.05, 0) is 22.6 Å². The van der Waals surface area contributed by atoms with Gasteiger partial charge in [0.15, 0.2) is 0 Å². The van der Waals surface area contributed by atoms with E-state index >= 15 is 0 Å². The van der Waals surface area contributed by atoms with Gasteiger partial charge in [0.2, 0.25) is 0 Å². The molecule has 0 aromatic heterocycles. The average molecular weight is 191 g/mol. The van der Waals surface area contributed by atoms with Crippen molar-refractivity contribution in [1.82, 2.24) is 0 Å². The van der Waals surface area contributed by atoms with E-state index in [-0.39, 0.29) is 5.41 Å². The summed E-state index contributed by atoms with van der Waals surface area (Å²) in [4.78, 5) is 4.64. The molecular formula is C12H17NO. The number of hydrogen-bond acceptors (Lipinski definition) is 2. The third-order valence-corrected chi connectivity index (χ3v) is 2.06. The highest BCUT2D eigenvalue weighted by molar-refractivity contribution is 5.79. The van der Waals surface area contributed by atoms with Gasteiger partial charge < -0.3 is 4.84 Å². The maximum absolute atomic E-state index is 4.64. The van der Waals surface area contributed by atoms with Crippen molar-refractivity contribution >= 4 is 6.21 Å². The molecule has 0 radical (unpaired) electrons. The molecule has 0 aliphatic rings. The molecule has 0 fully saturated rings. The summed E-state index contributed by atoms with van der Waals surface area (Å²) in [6.45, 7) is 6.58. The van der Waals surface area contributed by atoms with Gasteiger partial charge >= 0.3 is 0 Å². The van der Waals surface area contributed by atoms with Crippen LogP contribution in [0.25, 0.3) is 0 Å². The van der Waals surface area contributed by atoms with Crippen molar-refractivity contribution in [3.8, 4) is 0 Å². The number of rotatable bonds is 2. The normalized spacial score (nSPS) is 12.0. The highest BCUT2D eigenvalue weighted by atomic mass is 16.6. The van der Waals surface area contributed by atoms with Crippen molar-refractivity contribution in [3.05, 3.63) is 35.4 Å². The van der Waals surface area contributed by atoms with E-state index in [0.29, 0.717) is 0 Å². The lowest BCUT2D eigenvalue weighted by Crippen LogP contribution is -2.11. The Morgan fingerprint density at radius 1 is 1.29 bits per heavy atom. The van der Waals surface area contributed by atoms with Crippen LogP contribution in [0.15, 0.2) is 29.4 Å². The minimum Gasteiger partial charge on any atom is -0.399 e. The third kappa shape index (κ3) is 2.87. The van der Waals surface area contributed by atoms with Crippen LogP contribution < -0.4 is 0 Å². The standard InChI is InChI=1S/C12H17NO/c1-12(2,3)11-7-5-6-10(8-11)9-13-14-4/h5-9H,1-4H3/b13-9-. The second-order valence-electron chi connectivity index (χ2n) is 4.29. The smallest absolute Gasteiger partial charge is 0.106 e. The topological polar surface area (TPSA) is 21.6 Å². The summed E-state index contributed by atoms with van der Waals surface area (Å²) >= 11 is 0. The van der Waals surface area contributed by atoms with E-state index in [9.17, 15) is 0 Å². The average Bonchev–Trinajstić information content (AvgIpc) is 2.14. The van der Waals surface area contributed by atoms with Crippen LogP contribution in [-0.4, -0.2) is 13.3 Å². The monoisotopic (exact) mass is 191 g/mol. The molecule has 0 saturated carbocycles. The lowest BCUT2D eigenvalue weighted by Gasteiger charge is -2.19. The fourth-order valence-corrected chi connectivity index (χ4v) is 1.20. The Hall–Kier alpha value is -1.31. The zero-order valence-corrected chi connectivity index (χ0v) is 9.24. The van der Waals surface area contributed by atoms with Gasteiger partial charge in [-0.15, -0.1) is 0 Å². The summed E-state index contributed by atoms with van der Waals surface area (Å²) in [5, 5.41) is 3.74. The fraction of sp³-hybridized carbons (Fsp3) is 0.417. The van der Waals surface area contributed by atoms with Gasteiger partial charge in [0.25, 0.3) is 0 Å². The molecule has 0 saturated heterocycles. The molecule has 0 unspecified atom stereocenters. The van der Waals surface area contributed by atoms with Crippen LogP contribution in [0.1, 0.15) is 31.9 Å². The maximum atomic E-state index is 4.64. The number of nitrogens with zero attached hydrogens (tertiary/aromatic N) is 1. The second kappa shape index (κ2) is 4.27. The van der Waals surface area contributed by atoms with Gasteiger partial charge in [-0.1, -0.05) is 44.1 Å². The molecule has 0 amide bonds. The second-order valence-corrected chi connectivity index (χ2v) is 4.29. The molecule has 1 rings (SSSR count). The lowest BCUT2D eigenvalue weighted by atomic mass is 9.86. The Labute approximate surface area is 85.6 Å². The Morgan fingerprint density at radius 2 is 2.00 bits per heavy atom. The van der Waals surface area contributed by atoms with Gasteiger partial charge in [-0.2, -0.15) is 0 Å². The minimum atomic E-state index is 0.178. The number of benzene rings is 1. The first-order valence-corrected chi connectivity index (χ1v) is 4.71. The molecule has 0 aliphatic carbocycles. The van der Waals surface area contributed by atoms with E-state index in [1.807, 2.05) is 12.1 Å². The molecule has 2 nitrogen and oxygen atoms in total. The van der Waals surface area contributed by atoms with Crippen molar-refractivity contribution in [2.75, 3.05) is 7.11 Å². The molecule has 0 heterocycles. The summed E-state index contributed by atoms with van der Waals surface area (Å²) in [7, 11) is 1.55. The molecule has 0 aliphatic heterocycles. The van der Waals surface area contributed by atoms with Crippen LogP contribution >= 0.6 is 0 Å². The SMILES string of the molecule is CO/N=C\c1cccc(C(C)(C)C)c1. The van der Waals surface area contributed by atoms with Crippen LogP contribution in [0.4, 0.5) is 0 Å². The molecule has 76 valence electrons. The van der Waals surface area contributed by atoms with E-state index in [0.717, 1.165) is 5.56 Å². The highest BCUT2D eigenvalue weighted by Gasteiger charge is 2.12. The summed E-state index contributed by atoms with van der Waals surface area (Å²) < 4.78 is 0. The first-order valence-electron chi connectivity index (χ1n) is 4.71. The molecule has 14 heavy (non-hydrogen) atoms. The summed E-state index contributed by atoms with van der Waals surface area (Å²) in [5.41, 5.74) is 2.55. The maximum Gasteiger partial charge on any atom is 0.106 e. The highest BCUT2D eigenvalue weighted by Crippen LogP contribution is 2.22. The van der Waals surface area contributed by atoms with Crippen molar-refractivity contribution in [2.24, 2.45) is 5.16 Å². The van der Waals surface area contributed by atoms with Crippen LogP contribution in [0, 0.1) is 0 Å². The van der Waals surface area contributed by atoms with Gasteiger partial charge in [-0.25, -0.2) is 0 Å². The quantitative estimate of drug-likeness (QED) is 0.520. The third-order valence-electron chi connectivity index (χ3n) is 2.06. The molecule has 0 spiro atoms. The van der Waals surface area contributed by atoms with E-state index in [2.05, 4.69) is 42.9 Å². The Kier molecular flexibility index (Phi) is 3.28. The summed E-state index contributed by atoms with van der Waals surface area (Å²) in [5.74, 6) is 0. The Balaban J connectivity index is 2.96. The van der Waals surface area contributed by atoms with Crippen molar-refractivity contribution < 1.29 is 4.84 Å². The van der Waals surface area contributed by atoms with E-state index < -0.39 is 0 Å². The zero-order chi connectivity index (χ0) is 10.6. The van der Waals surface area contributed by atoms with Crippen LogP contribution in [0.2, 0.25) is 0 Å². The summed E-state index contributed by atoms with van der Waals surface area (Å²) in [6.07, 6.45) is 1.72. The van der Waals surface area contributed by atoms with Gasteiger partial charge in [-0.3, -0.25) is 0 Å². The zero-order valence-electron chi connectivity index (χ0n) is 9.24. The Morgan fingerprint density at radius 3 is 2.57 bits per heavy atom. The number of oxime groups is 1. The van der Waals surface area contributed by atoms with Gasteiger partial charge in [0, 0.05) is 0 Å². The van der Waals surface area contributed by atoms with Crippen LogP contribution in [0.5, 0.6) is 0 Å². The van der Waals surface area contributed by atoms with Gasteiger partial charge in [0.1, 0.15) is 7.11 Å². The van der Waals surface area contributed by atoms with Crippen molar-refractivity contribution in [1.29, 1.82) is 0 Å². The first kappa shape index (κ1) is 10.8. The predicted molar refractivity (Wildman–Crippen MR) is 59.7 cm³/mol. The van der Waals surface area contributed by atoms with E-state index in [4.69, 9.17) is 0 Å².